The van der Waals surface area contributed by atoms with Crippen molar-refractivity contribution in [1.29, 1.82) is 0 Å². The quantitative estimate of drug-likeness (QED) is 0.744. The van der Waals surface area contributed by atoms with Crippen LogP contribution in [-0.4, -0.2) is 67.0 Å². The van der Waals surface area contributed by atoms with Gasteiger partial charge in [-0.3, -0.25) is 0 Å². The van der Waals surface area contributed by atoms with E-state index < -0.39 is 0 Å². The number of rotatable bonds is 4. The third-order valence-corrected chi connectivity index (χ3v) is 7.08. The summed E-state index contributed by atoms with van der Waals surface area (Å²) in [6.45, 7) is 11.1. The molecule has 0 N–H and O–H groups in total. The predicted molar refractivity (Wildman–Crippen MR) is 108 cm³/mol. The fourth-order valence-electron chi connectivity index (χ4n) is 5.36. The molecule has 4 nitrogen and oxygen atoms in total. The van der Waals surface area contributed by atoms with Crippen molar-refractivity contribution in [3.8, 4) is 0 Å². The van der Waals surface area contributed by atoms with Crippen LogP contribution in [0.25, 0.3) is 0 Å². The summed E-state index contributed by atoms with van der Waals surface area (Å²) >= 11 is 0. The lowest BCUT2D eigenvalue weighted by Gasteiger charge is -2.40. The Hall–Kier alpha value is -0.770. The predicted octanol–water partition coefficient (Wildman–Crippen LogP) is 4.31. The first-order valence-electron chi connectivity index (χ1n) is 11.2. The van der Waals surface area contributed by atoms with E-state index in [1.807, 2.05) is 0 Å². The molecule has 26 heavy (non-hydrogen) atoms. The van der Waals surface area contributed by atoms with Crippen LogP contribution in [0.15, 0.2) is 0 Å². The van der Waals surface area contributed by atoms with Crippen molar-refractivity contribution in [1.82, 2.24) is 14.7 Å². The van der Waals surface area contributed by atoms with E-state index in [1.54, 1.807) is 0 Å². The topological polar surface area (TPSA) is 26.8 Å². The van der Waals surface area contributed by atoms with Crippen molar-refractivity contribution >= 4 is 6.03 Å². The van der Waals surface area contributed by atoms with E-state index in [2.05, 4.69) is 35.6 Å². The molecule has 150 valence electrons. The number of amides is 2. The lowest BCUT2D eigenvalue weighted by molar-refractivity contribution is 0.106. The molecule has 3 aliphatic heterocycles. The molecule has 3 heterocycles. The minimum absolute atomic E-state index is 0.325. The molecule has 0 aromatic rings. The summed E-state index contributed by atoms with van der Waals surface area (Å²) < 4.78 is 0. The Morgan fingerprint density at radius 2 is 1.19 bits per heavy atom. The Bertz CT molecular complexity index is 429. The van der Waals surface area contributed by atoms with E-state index in [0.717, 1.165) is 49.9 Å². The van der Waals surface area contributed by atoms with Gasteiger partial charge in [-0.15, -0.1) is 0 Å². The fourth-order valence-corrected chi connectivity index (χ4v) is 5.36. The highest BCUT2D eigenvalue weighted by atomic mass is 16.2. The number of nitrogens with zero attached hydrogens (tertiary/aromatic N) is 3. The second-order valence-corrected chi connectivity index (χ2v) is 9.76. The van der Waals surface area contributed by atoms with Gasteiger partial charge in [0.05, 0.1) is 0 Å². The molecule has 3 rings (SSSR count). The number of hydrogen-bond donors (Lipinski definition) is 0. The second kappa shape index (κ2) is 9.43. The normalized spacial score (nSPS) is 25.2. The first kappa shape index (κ1) is 20.0. The molecule has 0 aliphatic carbocycles. The molecule has 0 aromatic heterocycles. The molecule has 0 unspecified atom stereocenters. The zero-order valence-corrected chi connectivity index (χ0v) is 17.5. The van der Waals surface area contributed by atoms with Crippen LogP contribution in [0, 0.1) is 23.7 Å². The molecule has 3 saturated heterocycles. The van der Waals surface area contributed by atoms with Gasteiger partial charge in [0.1, 0.15) is 0 Å². The highest BCUT2D eigenvalue weighted by Gasteiger charge is 2.30. The average Bonchev–Trinajstić information content (AvgIpc) is 2.64. The van der Waals surface area contributed by atoms with Gasteiger partial charge >= 0.3 is 6.03 Å². The maximum Gasteiger partial charge on any atom is 0.319 e. The lowest BCUT2D eigenvalue weighted by Crippen LogP contribution is -2.49. The van der Waals surface area contributed by atoms with Gasteiger partial charge < -0.3 is 14.7 Å². The van der Waals surface area contributed by atoms with Gasteiger partial charge in [0, 0.05) is 26.2 Å². The molecule has 0 radical (unpaired) electrons. The molecule has 0 bridgehead atoms. The van der Waals surface area contributed by atoms with Gasteiger partial charge in [0.15, 0.2) is 0 Å². The van der Waals surface area contributed by atoms with Crippen molar-refractivity contribution < 1.29 is 4.79 Å². The van der Waals surface area contributed by atoms with Crippen molar-refractivity contribution in [3.63, 3.8) is 0 Å². The van der Waals surface area contributed by atoms with Crippen molar-refractivity contribution in [2.75, 3.05) is 46.3 Å². The van der Waals surface area contributed by atoms with Gasteiger partial charge in [-0.1, -0.05) is 13.8 Å². The molecule has 0 aromatic carbocycles. The van der Waals surface area contributed by atoms with Crippen LogP contribution in [0.2, 0.25) is 0 Å². The summed E-state index contributed by atoms with van der Waals surface area (Å²) in [7, 11) is 2.24. The maximum absolute atomic E-state index is 12.9. The molecule has 4 heteroatoms. The number of carbonyl (C=O) groups is 1. The first-order chi connectivity index (χ1) is 12.5. The Balaban J connectivity index is 1.36. The Labute approximate surface area is 161 Å². The monoisotopic (exact) mass is 363 g/mol. The van der Waals surface area contributed by atoms with Crippen LogP contribution in [-0.2, 0) is 0 Å². The van der Waals surface area contributed by atoms with E-state index >= 15 is 0 Å². The Morgan fingerprint density at radius 1 is 0.769 bits per heavy atom. The number of urea groups is 1. The van der Waals surface area contributed by atoms with Crippen molar-refractivity contribution in [3.05, 3.63) is 0 Å². The molecule has 0 atom stereocenters. The van der Waals surface area contributed by atoms with Crippen LogP contribution in [0.4, 0.5) is 4.79 Å². The van der Waals surface area contributed by atoms with Crippen LogP contribution in [0.1, 0.15) is 65.2 Å². The minimum atomic E-state index is 0.325. The molecule has 3 aliphatic rings. The molecule has 0 spiro atoms. The Morgan fingerprint density at radius 3 is 1.65 bits per heavy atom. The summed E-state index contributed by atoms with van der Waals surface area (Å²) in [5.41, 5.74) is 0. The van der Waals surface area contributed by atoms with E-state index in [1.165, 1.54) is 64.5 Å². The molecule has 0 saturated carbocycles. The fraction of sp³-hybridized carbons (Fsp3) is 0.955. The van der Waals surface area contributed by atoms with Crippen LogP contribution >= 0.6 is 0 Å². The SMILES string of the molecule is CC(C)CC1CCN(C(=O)N2CCC(CC3CCN(C)CC3)CC2)CC1. The number of piperidine rings is 3. The second-order valence-electron chi connectivity index (χ2n) is 9.76. The number of hydrogen-bond acceptors (Lipinski definition) is 2. The van der Waals surface area contributed by atoms with Gasteiger partial charge in [-0.2, -0.15) is 0 Å². The molecule has 2 amide bonds. The van der Waals surface area contributed by atoms with Gasteiger partial charge in [-0.25, -0.2) is 4.79 Å². The zero-order chi connectivity index (χ0) is 18.5. The summed E-state index contributed by atoms with van der Waals surface area (Å²) in [5, 5.41) is 0. The van der Waals surface area contributed by atoms with Gasteiger partial charge in [0.25, 0.3) is 0 Å². The smallest absolute Gasteiger partial charge is 0.319 e. The van der Waals surface area contributed by atoms with Crippen molar-refractivity contribution in [2.24, 2.45) is 23.7 Å². The molecular formula is C22H41N3O. The first-order valence-corrected chi connectivity index (χ1v) is 11.2. The summed E-state index contributed by atoms with van der Waals surface area (Å²) in [6, 6.07) is 0.325. The van der Waals surface area contributed by atoms with E-state index in [0.29, 0.717) is 6.03 Å². The van der Waals surface area contributed by atoms with Crippen molar-refractivity contribution in [2.45, 2.75) is 65.2 Å². The highest BCUT2D eigenvalue weighted by molar-refractivity contribution is 5.74. The van der Waals surface area contributed by atoms with E-state index in [9.17, 15) is 4.79 Å². The number of carbonyl (C=O) groups excluding carboxylic acids is 1. The summed E-state index contributed by atoms with van der Waals surface area (Å²) in [5.74, 6) is 3.40. The minimum Gasteiger partial charge on any atom is -0.325 e. The third-order valence-electron chi connectivity index (χ3n) is 7.08. The maximum atomic E-state index is 12.9. The van der Waals surface area contributed by atoms with Gasteiger partial charge in [0.2, 0.25) is 0 Å². The van der Waals surface area contributed by atoms with Crippen LogP contribution in [0.3, 0.4) is 0 Å². The number of likely N-dealkylation sites (tertiary alicyclic amines) is 3. The highest BCUT2D eigenvalue weighted by Crippen LogP contribution is 2.30. The zero-order valence-electron chi connectivity index (χ0n) is 17.5. The standard InChI is InChI=1S/C22H41N3O/c1-18(2)16-19-6-12-24(13-7-19)22(26)25-14-8-21(9-15-25)17-20-4-10-23(3)11-5-20/h18-21H,4-17H2,1-3H3. The molecular weight excluding hydrogens is 322 g/mol. The summed E-state index contributed by atoms with van der Waals surface area (Å²) in [4.78, 5) is 19.6. The lowest BCUT2D eigenvalue weighted by atomic mass is 9.83. The van der Waals surface area contributed by atoms with Crippen LogP contribution < -0.4 is 0 Å². The van der Waals surface area contributed by atoms with E-state index in [-0.39, 0.29) is 0 Å². The third kappa shape index (κ3) is 5.61. The largest absolute Gasteiger partial charge is 0.325 e. The summed E-state index contributed by atoms with van der Waals surface area (Å²) in [6.07, 6.45) is 10.3. The van der Waals surface area contributed by atoms with E-state index in [4.69, 9.17) is 0 Å². The average molecular weight is 364 g/mol. The van der Waals surface area contributed by atoms with Gasteiger partial charge in [-0.05, 0) is 95.2 Å². The van der Waals surface area contributed by atoms with Crippen LogP contribution in [0.5, 0.6) is 0 Å². The Kier molecular flexibility index (Phi) is 7.25. The molecule has 3 fully saturated rings.